The van der Waals surface area contributed by atoms with Gasteiger partial charge in [0.1, 0.15) is 11.5 Å². The highest BCUT2D eigenvalue weighted by Gasteiger charge is 2.26. The molecule has 2 nitrogen and oxygen atoms in total. The summed E-state index contributed by atoms with van der Waals surface area (Å²) in [5, 5.41) is 0. The standard InChI is InChI=1S/C12H8ClO2PS/c13-16(17)14-11-7-3-1-5-9(11)10-6-2-4-8-12(10)15-16/h1-8H. The molecule has 3 rings (SSSR count). The smallest absolute Gasteiger partial charge is 0.384 e. The average molecular weight is 283 g/mol. The lowest BCUT2D eigenvalue weighted by Crippen LogP contribution is -1.91. The molecule has 1 aliphatic rings. The van der Waals surface area contributed by atoms with Crippen LogP contribution in [0.15, 0.2) is 48.5 Å². The van der Waals surface area contributed by atoms with Crippen molar-refractivity contribution in [3.05, 3.63) is 48.5 Å². The molecular weight excluding hydrogens is 275 g/mol. The van der Waals surface area contributed by atoms with Gasteiger partial charge < -0.3 is 9.05 Å². The van der Waals surface area contributed by atoms with E-state index in [0.29, 0.717) is 11.5 Å². The van der Waals surface area contributed by atoms with Crippen molar-refractivity contribution in [1.82, 2.24) is 0 Å². The molecule has 86 valence electrons. The zero-order chi connectivity index (χ0) is 11.9. The molecule has 0 aromatic heterocycles. The van der Waals surface area contributed by atoms with Crippen LogP contribution in [0, 0.1) is 0 Å². The van der Waals surface area contributed by atoms with Crippen LogP contribution in [0.1, 0.15) is 0 Å². The largest absolute Gasteiger partial charge is 0.424 e. The minimum atomic E-state index is -2.79. The Kier molecular flexibility index (Phi) is 2.62. The summed E-state index contributed by atoms with van der Waals surface area (Å²) in [4.78, 5) is 0. The van der Waals surface area contributed by atoms with Crippen molar-refractivity contribution in [2.24, 2.45) is 0 Å². The minimum absolute atomic E-state index is 0.677. The first-order valence-electron chi connectivity index (χ1n) is 5.03. The number of para-hydroxylation sites is 2. The van der Waals surface area contributed by atoms with Gasteiger partial charge in [0.05, 0.1) is 0 Å². The van der Waals surface area contributed by atoms with Crippen LogP contribution in [-0.2, 0) is 11.8 Å². The van der Waals surface area contributed by atoms with E-state index in [1.165, 1.54) is 0 Å². The molecule has 0 spiro atoms. The molecule has 2 aromatic rings. The van der Waals surface area contributed by atoms with Gasteiger partial charge in [-0.15, -0.1) is 0 Å². The molecule has 0 bridgehead atoms. The zero-order valence-corrected chi connectivity index (χ0v) is 11.1. The van der Waals surface area contributed by atoms with Gasteiger partial charge in [0.2, 0.25) is 0 Å². The van der Waals surface area contributed by atoms with Crippen LogP contribution in [0.25, 0.3) is 11.1 Å². The topological polar surface area (TPSA) is 18.5 Å². The van der Waals surface area contributed by atoms with Gasteiger partial charge in [0, 0.05) is 22.9 Å². The van der Waals surface area contributed by atoms with Crippen LogP contribution in [-0.4, -0.2) is 0 Å². The summed E-state index contributed by atoms with van der Waals surface area (Å²) in [5.41, 5.74) is 1.91. The SMILES string of the molecule is S=P1(Cl)Oc2ccccc2-c2ccccc2O1. The van der Waals surface area contributed by atoms with Gasteiger partial charge in [0.25, 0.3) is 0 Å². The van der Waals surface area contributed by atoms with E-state index in [1.807, 2.05) is 48.5 Å². The van der Waals surface area contributed by atoms with Crippen LogP contribution in [0.2, 0.25) is 0 Å². The second-order valence-electron chi connectivity index (χ2n) is 3.61. The van der Waals surface area contributed by atoms with E-state index in [1.54, 1.807) is 0 Å². The van der Waals surface area contributed by atoms with Gasteiger partial charge in [-0.1, -0.05) is 36.4 Å². The quantitative estimate of drug-likeness (QED) is 0.659. The Morgan fingerprint density at radius 1 is 0.824 bits per heavy atom. The summed E-state index contributed by atoms with van der Waals surface area (Å²) >= 11 is 11.3. The first kappa shape index (κ1) is 11.1. The summed E-state index contributed by atoms with van der Waals surface area (Å²) in [5.74, 6) is -1.44. The lowest BCUT2D eigenvalue weighted by Gasteiger charge is -2.14. The molecule has 0 saturated carbocycles. The molecule has 0 saturated heterocycles. The highest BCUT2D eigenvalue weighted by Crippen LogP contribution is 2.59. The third-order valence-corrected chi connectivity index (χ3v) is 4.17. The number of fused-ring (bicyclic) bond motifs is 3. The molecule has 0 aliphatic carbocycles. The van der Waals surface area contributed by atoms with Crippen LogP contribution in [0.5, 0.6) is 11.5 Å². The van der Waals surface area contributed by atoms with Crippen LogP contribution in [0.4, 0.5) is 0 Å². The molecule has 0 radical (unpaired) electrons. The van der Waals surface area contributed by atoms with Crippen molar-refractivity contribution < 1.29 is 9.05 Å². The van der Waals surface area contributed by atoms with Crippen molar-refractivity contribution in [2.75, 3.05) is 0 Å². The van der Waals surface area contributed by atoms with Crippen molar-refractivity contribution in [3.63, 3.8) is 0 Å². The maximum absolute atomic E-state index is 6.11. The summed E-state index contributed by atoms with van der Waals surface area (Å²) in [6, 6.07) is 15.3. The van der Waals surface area contributed by atoms with Crippen molar-refractivity contribution in [1.29, 1.82) is 0 Å². The Morgan fingerprint density at radius 3 is 1.71 bits per heavy atom. The first-order chi connectivity index (χ1) is 8.16. The third kappa shape index (κ3) is 2.06. The molecular formula is C12H8ClO2PS. The second kappa shape index (κ2) is 4.02. The molecule has 5 heteroatoms. The molecule has 0 amide bonds. The number of benzene rings is 2. The fourth-order valence-corrected chi connectivity index (χ4v) is 3.54. The van der Waals surface area contributed by atoms with Gasteiger partial charge in [-0.25, -0.2) is 0 Å². The summed E-state index contributed by atoms with van der Waals surface area (Å²) in [7, 11) is 0. The molecule has 0 atom stereocenters. The average Bonchev–Trinajstić information content (AvgIpc) is 2.40. The van der Waals surface area contributed by atoms with E-state index < -0.39 is 5.84 Å². The molecule has 2 aromatic carbocycles. The zero-order valence-electron chi connectivity index (χ0n) is 8.67. The molecule has 0 fully saturated rings. The van der Waals surface area contributed by atoms with Crippen molar-refractivity contribution >= 4 is 28.9 Å². The molecule has 0 N–H and O–H groups in total. The summed E-state index contributed by atoms with van der Waals surface area (Å²) in [6.07, 6.45) is 0. The molecule has 1 heterocycles. The second-order valence-corrected chi connectivity index (χ2v) is 8.21. The Morgan fingerprint density at radius 2 is 1.24 bits per heavy atom. The highest BCUT2D eigenvalue weighted by molar-refractivity contribution is 8.22. The van der Waals surface area contributed by atoms with E-state index >= 15 is 0 Å². The fraction of sp³-hybridized carbons (Fsp3) is 0. The first-order valence-corrected chi connectivity index (χ1v) is 8.57. The normalized spacial score (nSPS) is 15.8. The van der Waals surface area contributed by atoms with Gasteiger partial charge in [0.15, 0.2) is 0 Å². The van der Waals surface area contributed by atoms with Crippen LogP contribution in [0.3, 0.4) is 0 Å². The Labute approximate surface area is 109 Å². The summed E-state index contributed by atoms with van der Waals surface area (Å²) < 4.78 is 11.2. The molecule has 17 heavy (non-hydrogen) atoms. The number of hydrogen-bond acceptors (Lipinski definition) is 3. The fourth-order valence-electron chi connectivity index (χ4n) is 1.79. The minimum Gasteiger partial charge on any atom is -0.424 e. The highest BCUT2D eigenvalue weighted by atomic mass is 35.7. The Hall–Kier alpha value is -1.02. The summed E-state index contributed by atoms with van der Waals surface area (Å²) in [6.45, 7) is 0. The Bertz CT molecular complexity index is 578. The molecule has 1 aliphatic heterocycles. The van der Waals surface area contributed by atoms with E-state index in [4.69, 9.17) is 32.1 Å². The predicted octanol–water partition coefficient (Wildman–Crippen LogP) is 4.59. The van der Waals surface area contributed by atoms with Gasteiger partial charge in [-0.2, -0.15) is 0 Å². The van der Waals surface area contributed by atoms with E-state index in [2.05, 4.69) is 0 Å². The third-order valence-electron chi connectivity index (χ3n) is 2.48. The van der Waals surface area contributed by atoms with Gasteiger partial charge in [-0.05, 0) is 23.4 Å². The Balaban J connectivity index is 2.32. The number of halogens is 1. The van der Waals surface area contributed by atoms with Crippen molar-refractivity contribution in [2.45, 2.75) is 0 Å². The van der Waals surface area contributed by atoms with E-state index in [0.717, 1.165) is 11.1 Å². The van der Waals surface area contributed by atoms with Gasteiger partial charge in [-0.3, -0.25) is 0 Å². The van der Waals surface area contributed by atoms with Crippen LogP contribution < -0.4 is 9.05 Å². The van der Waals surface area contributed by atoms with Crippen LogP contribution >= 0.6 is 17.1 Å². The monoisotopic (exact) mass is 282 g/mol. The number of rotatable bonds is 0. The molecule has 0 unspecified atom stereocenters. The van der Waals surface area contributed by atoms with Crippen molar-refractivity contribution in [3.8, 4) is 22.6 Å². The number of hydrogen-bond donors (Lipinski definition) is 0. The lowest BCUT2D eigenvalue weighted by atomic mass is 10.0. The van der Waals surface area contributed by atoms with E-state index in [-0.39, 0.29) is 0 Å². The van der Waals surface area contributed by atoms with E-state index in [9.17, 15) is 0 Å². The van der Waals surface area contributed by atoms with Gasteiger partial charge >= 0.3 is 5.84 Å². The predicted molar refractivity (Wildman–Crippen MR) is 73.3 cm³/mol. The lowest BCUT2D eigenvalue weighted by molar-refractivity contribution is 0.515. The maximum Gasteiger partial charge on any atom is 0.384 e. The maximum atomic E-state index is 6.11.